The minimum atomic E-state index is -0.132. The lowest BCUT2D eigenvalue weighted by molar-refractivity contribution is -0.00824. The Hall–Kier alpha value is -0.0800. The Morgan fingerprint density at radius 1 is 1.33 bits per heavy atom. The summed E-state index contributed by atoms with van der Waals surface area (Å²) in [4.78, 5) is 0. The van der Waals surface area contributed by atoms with Gasteiger partial charge in [0.15, 0.2) is 0 Å². The summed E-state index contributed by atoms with van der Waals surface area (Å²) in [5.74, 6) is 1.07. The molecule has 86 valence electrons. The minimum absolute atomic E-state index is 0.132. The number of ether oxygens (including phenoxy) is 1. The van der Waals surface area contributed by atoms with E-state index in [1.807, 2.05) is 0 Å². The summed E-state index contributed by atoms with van der Waals surface area (Å²) >= 11 is 3.59. The third-order valence-corrected chi connectivity index (χ3v) is 3.74. The van der Waals surface area contributed by atoms with Crippen molar-refractivity contribution in [2.45, 2.75) is 39.7 Å². The lowest BCUT2D eigenvalue weighted by Gasteiger charge is -2.38. The number of rotatable bonds is 3. The van der Waals surface area contributed by atoms with Crippen LogP contribution in [-0.2, 0) is 4.74 Å². The maximum atomic E-state index is 5.74. The standard InChI is InChI=1S/C13H21BrO/c1-9(2)11-6-12(14)8-13(7-11,15-5)10(3)4/h6,8-10H,7H2,1-5H3. The van der Waals surface area contributed by atoms with Crippen LogP contribution in [0, 0.1) is 11.8 Å². The van der Waals surface area contributed by atoms with Crippen molar-refractivity contribution in [2.24, 2.45) is 11.8 Å². The van der Waals surface area contributed by atoms with Crippen LogP contribution in [0.3, 0.4) is 0 Å². The second-order valence-corrected chi connectivity index (χ2v) is 5.81. The third-order valence-electron chi connectivity index (χ3n) is 3.28. The molecule has 0 aromatic heterocycles. The molecule has 0 saturated carbocycles. The highest BCUT2D eigenvalue weighted by molar-refractivity contribution is 9.11. The predicted molar refractivity (Wildman–Crippen MR) is 69.1 cm³/mol. The van der Waals surface area contributed by atoms with E-state index in [2.05, 4.69) is 55.8 Å². The van der Waals surface area contributed by atoms with Crippen LogP contribution in [0.15, 0.2) is 22.2 Å². The Kier molecular flexibility index (Phi) is 4.19. The molecule has 1 unspecified atom stereocenters. The fraction of sp³-hybridized carbons (Fsp3) is 0.692. The van der Waals surface area contributed by atoms with Gasteiger partial charge in [-0.05, 0) is 24.0 Å². The van der Waals surface area contributed by atoms with E-state index in [9.17, 15) is 0 Å². The Labute approximate surface area is 102 Å². The lowest BCUT2D eigenvalue weighted by Crippen LogP contribution is -2.37. The van der Waals surface area contributed by atoms with E-state index < -0.39 is 0 Å². The van der Waals surface area contributed by atoms with Crippen molar-refractivity contribution >= 4 is 15.9 Å². The van der Waals surface area contributed by atoms with Gasteiger partial charge in [-0.3, -0.25) is 0 Å². The molecule has 0 radical (unpaired) electrons. The van der Waals surface area contributed by atoms with E-state index in [1.54, 1.807) is 7.11 Å². The van der Waals surface area contributed by atoms with Crippen LogP contribution < -0.4 is 0 Å². The lowest BCUT2D eigenvalue weighted by atomic mass is 9.78. The average molecular weight is 273 g/mol. The van der Waals surface area contributed by atoms with Gasteiger partial charge in [0.25, 0.3) is 0 Å². The fourth-order valence-electron chi connectivity index (χ4n) is 1.98. The summed E-state index contributed by atoms with van der Waals surface area (Å²) in [6, 6.07) is 0. The van der Waals surface area contributed by atoms with Gasteiger partial charge in [0.2, 0.25) is 0 Å². The number of hydrogen-bond acceptors (Lipinski definition) is 1. The summed E-state index contributed by atoms with van der Waals surface area (Å²) < 4.78 is 6.89. The molecular formula is C13H21BrO. The van der Waals surface area contributed by atoms with Crippen LogP contribution in [0.4, 0.5) is 0 Å². The zero-order valence-corrected chi connectivity index (χ0v) is 11.9. The van der Waals surface area contributed by atoms with Gasteiger partial charge >= 0.3 is 0 Å². The van der Waals surface area contributed by atoms with Gasteiger partial charge in [0, 0.05) is 18.0 Å². The van der Waals surface area contributed by atoms with Gasteiger partial charge in [0.05, 0.1) is 5.60 Å². The highest BCUT2D eigenvalue weighted by atomic mass is 79.9. The summed E-state index contributed by atoms with van der Waals surface area (Å²) in [5, 5.41) is 0. The first-order chi connectivity index (χ1) is 6.91. The summed E-state index contributed by atoms with van der Waals surface area (Å²) in [7, 11) is 1.81. The van der Waals surface area contributed by atoms with E-state index in [-0.39, 0.29) is 5.60 Å². The first-order valence-electron chi connectivity index (χ1n) is 5.55. The van der Waals surface area contributed by atoms with E-state index in [4.69, 9.17) is 4.74 Å². The van der Waals surface area contributed by atoms with Crippen LogP contribution in [-0.4, -0.2) is 12.7 Å². The molecule has 0 bridgehead atoms. The summed E-state index contributed by atoms with van der Waals surface area (Å²) in [6.45, 7) is 8.89. The molecule has 0 aromatic carbocycles. The van der Waals surface area contributed by atoms with Crippen molar-refractivity contribution in [3.63, 3.8) is 0 Å². The highest BCUT2D eigenvalue weighted by Gasteiger charge is 2.35. The molecular weight excluding hydrogens is 252 g/mol. The number of allylic oxidation sites excluding steroid dienone is 2. The smallest absolute Gasteiger partial charge is 0.0932 e. The number of hydrogen-bond donors (Lipinski definition) is 0. The molecule has 0 heterocycles. The first-order valence-corrected chi connectivity index (χ1v) is 6.34. The van der Waals surface area contributed by atoms with Gasteiger partial charge < -0.3 is 4.74 Å². The van der Waals surface area contributed by atoms with E-state index in [1.165, 1.54) is 5.57 Å². The molecule has 0 N–H and O–H groups in total. The first kappa shape index (κ1) is 13.0. The molecule has 0 saturated heterocycles. The van der Waals surface area contributed by atoms with Crippen molar-refractivity contribution in [1.29, 1.82) is 0 Å². The third kappa shape index (κ3) is 2.73. The van der Waals surface area contributed by atoms with Crippen LogP contribution in [0.2, 0.25) is 0 Å². The van der Waals surface area contributed by atoms with E-state index >= 15 is 0 Å². The van der Waals surface area contributed by atoms with Gasteiger partial charge in [-0.15, -0.1) is 0 Å². The zero-order valence-electron chi connectivity index (χ0n) is 10.3. The van der Waals surface area contributed by atoms with Gasteiger partial charge in [-0.2, -0.15) is 0 Å². The highest BCUT2D eigenvalue weighted by Crippen LogP contribution is 2.39. The van der Waals surface area contributed by atoms with Crippen LogP contribution in [0.5, 0.6) is 0 Å². The Morgan fingerprint density at radius 2 is 1.93 bits per heavy atom. The average Bonchev–Trinajstić information content (AvgIpc) is 2.16. The Bertz CT molecular complexity index is 289. The number of methoxy groups -OCH3 is 1. The maximum absolute atomic E-state index is 5.74. The Morgan fingerprint density at radius 3 is 2.33 bits per heavy atom. The summed E-state index contributed by atoms with van der Waals surface area (Å²) in [6.07, 6.45) is 5.43. The fourth-order valence-corrected chi connectivity index (χ4v) is 2.66. The molecule has 0 spiro atoms. The number of halogens is 1. The molecule has 0 aromatic rings. The van der Waals surface area contributed by atoms with Gasteiger partial charge in [-0.1, -0.05) is 49.2 Å². The van der Waals surface area contributed by atoms with Crippen molar-refractivity contribution in [2.75, 3.05) is 7.11 Å². The van der Waals surface area contributed by atoms with E-state index in [0.717, 1.165) is 10.9 Å². The maximum Gasteiger partial charge on any atom is 0.0932 e. The molecule has 0 aliphatic heterocycles. The monoisotopic (exact) mass is 272 g/mol. The van der Waals surface area contributed by atoms with Gasteiger partial charge in [0.1, 0.15) is 0 Å². The second-order valence-electron chi connectivity index (χ2n) is 4.89. The topological polar surface area (TPSA) is 9.23 Å². The van der Waals surface area contributed by atoms with Crippen LogP contribution >= 0.6 is 15.9 Å². The SMILES string of the molecule is COC1(C(C)C)C=C(Br)C=C(C(C)C)C1. The van der Waals surface area contributed by atoms with Crippen molar-refractivity contribution in [1.82, 2.24) is 0 Å². The largest absolute Gasteiger partial charge is 0.374 e. The predicted octanol–water partition coefficient (Wildman–Crippen LogP) is 4.29. The van der Waals surface area contributed by atoms with Gasteiger partial charge in [-0.25, -0.2) is 0 Å². The van der Waals surface area contributed by atoms with Crippen LogP contribution in [0.1, 0.15) is 34.1 Å². The minimum Gasteiger partial charge on any atom is -0.374 e. The second kappa shape index (κ2) is 4.84. The molecule has 1 aliphatic carbocycles. The molecule has 1 aliphatic rings. The molecule has 2 heteroatoms. The normalized spacial score (nSPS) is 26.9. The molecule has 1 nitrogen and oxygen atoms in total. The van der Waals surface area contributed by atoms with Crippen molar-refractivity contribution < 1.29 is 4.74 Å². The summed E-state index contributed by atoms with van der Waals surface area (Å²) in [5.41, 5.74) is 1.33. The zero-order chi connectivity index (χ0) is 11.6. The van der Waals surface area contributed by atoms with Crippen LogP contribution in [0.25, 0.3) is 0 Å². The molecule has 0 amide bonds. The Balaban J connectivity index is 3.03. The molecule has 1 atom stereocenters. The molecule has 15 heavy (non-hydrogen) atoms. The molecule has 0 fully saturated rings. The van der Waals surface area contributed by atoms with E-state index in [0.29, 0.717) is 11.8 Å². The molecule has 1 rings (SSSR count). The quantitative estimate of drug-likeness (QED) is 0.745. The van der Waals surface area contributed by atoms with Crippen molar-refractivity contribution in [3.05, 3.63) is 22.2 Å². The van der Waals surface area contributed by atoms with Crippen molar-refractivity contribution in [3.8, 4) is 0 Å².